The molecule has 0 aromatic heterocycles. The van der Waals surface area contributed by atoms with E-state index in [2.05, 4.69) is 64.4 Å². The fraction of sp³-hybridized carbons (Fsp3) is 1.00. The molecule has 0 aliphatic rings. The second-order valence-corrected chi connectivity index (χ2v) is 12.2. The van der Waals surface area contributed by atoms with E-state index in [0.29, 0.717) is 11.6 Å². The molecule has 0 aliphatic carbocycles. The molecule has 6 atom stereocenters. The van der Waals surface area contributed by atoms with Gasteiger partial charge in [0.1, 0.15) is 6.79 Å². The molecule has 3 heteroatoms. The van der Waals surface area contributed by atoms with E-state index in [1.807, 2.05) is 0 Å². The summed E-state index contributed by atoms with van der Waals surface area (Å²) in [6.45, 7) is 18.9. The monoisotopic (exact) mass is 490 g/mol. The van der Waals surface area contributed by atoms with Crippen molar-refractivity contribution in [3.05, 3.63) is 0 Å². The second-order valence-electron chi connectivity index (χ2n) is 10.6. The normalized spacial score (nSPS) is 18.0. The third-order valence-corrected chi connectivity index (χ3v) is 6.61. The Balaban J connectivity index is 3.71. The average Bonchev–Trinajstić information content (AvgIpc) is 2.61. The number of halogens is 1. The predicted molar refractivity (Wildman–Crippen MR) is 137 cm³/mol. The van der Waals surface area contributed by atoms with Gasteiger partial charge >= 0.3 is 0 Å². The highest BCUT2D eigenvalue weighted by atomic mass is 79.9. The molecule has 0 aliphatic heterocycles. The zero-order chi connectivity index (χ0) is 22.8. The minimum Gasteiger partial charge on any atom is -0.355 e. The first-order valence-electron chi connectivity index (χ1n) is 13.0. The van der Waals surface area contributed by atoms with Crippen LogP contribution >= 0.6 is 15.9 Å². The van der Waals surface area contributed by atoms with Crippen LogP contribution in [-0.4, -0.2) is 24.8 Å². The maximum absolute atomic E-state index is 5.63. The van der Waals surface area contributed by atoms with E-state index < -0.39 is 0 Å². The van der Waals surface area contributed by atoms with Gasteiger partial charge in [-0.15, -0.1) is 0 Å². The molecule has 2 nitrogen and oxygen atoms in total. The summed E-state index contributed by atoms with van der Waals surface area (Å²) in [5, 5.41) is 0. The van der Waals surface area contributed by atoms with Crippen LogP contribution in [0.4, 0.5) is 0 Å². The Hall–Kier alpha value is 0.400. The Morgan fingerprint density at radius 3 is 1.53 bits per heavy atom. The molecular formula is C27H55BrO2. The lowest BCUT2D eigenvalue weighted by Gasteiger charge is -2.24. The van der Waals surface area contributed by atoms with Crippen LogP contribution in [0.2, 0.25) is 0 Å². The Labute approximate surface area is 198 Å². The van der Waals surface area contributed by atoms with Gasteiger partial charge in [0.05, 0.1) is 0 Å². The van der Waals surface area contributed by atoms with Crippen molar-refractivity contribution in [1.82, 2.24) is 0 Å². The number of unbranched alkanes of at least 4 members (excludes halogenated alkanes) is 3. The number of hydrogen-bond acceptors (Lipinski definition) is 2. The largest absolute Gasteiger partial charge is 0.355 e. The Bertz CT molecular complexity index is 361. The quantitative estimate of drug-likeness (QED) is 0.0905. The minimum absolute atomic E-state index is 0.472. The van der Waals surface area contributed by atoms with Crippen LogP contribution in [0, 0.1) is 29.6 Å². The summed E-state index contributed by atoms with van der Waals surface area (Å²) in [5.74, 6) is 4.14. The lowest BCUT2D eigenvalue weighted by Crippen LogP contribution is -2.13. The topological polar surface area (TPSA) is 18.5 Å². The Kier molecular flexibility index (Phi) is 20.3. The lowest BCUT2D eigenvalue weighted by atomic mass is 9.82. The van der Waals surface area contributed by atoms with Gasteiger partial charge in [0.2, 0.25) is 0 Å². The van der Waals surface area contributed by atoms with Gasteiger partial charge in [0.15, 0.2) is 0 Å². The van der Waals surface area contributed by atoms with Crippen molar-refractivity contribution in [3.8, 4) is 0 Å². The van der Waals surface area contributed by atoms with E-state index in [1.165, 1.54) is 64.2 Å². The van der Waals surface area contributed by atoms with E-state index in [9.17, 15) is 0 Å². The highest BCUT2D eigenvalue weighted by Crippen LogP contribution is 2.29. The van der Waals surface area contributed by atoms with Gasteiger partial charge in [-0.3, -0.25) is 0 Å². The molecule has 0 fully saturated rings. The van der Waals surface area contributed by atoms with E-state index >= 15 is 0 Å². The van der Waals surface area contributed by atoms with Crippen molar-refractivity contribution < 1.29 is 9.47 Å². The average molecular weight is 492 g/mol. The summed E-state index contributed by atoms with van der Waals surface area (Å²) in [4.78, 5) is 0.645. The van der Waals surface area contributed by atoms with Crippen LogP contribution in [-0.2, 0) is 9.47 Å². The van der Waals surface area contributed by atoms with Crippen molar-refractivity contribution in [1.29, 1.82) is 0 Å². The molecule has 0 saturated carbocycles. The molecule has 0 N–H and O–H groups in total. The fourth-order valence-corrected chi connectivity index (χ4v) is 5.78. The Morgan fingerprint density at radius 1 is 0.567 bits per heavy atom. The SMILES string of the molecule is CCCCCCOCOCCCC(C)CC(C)CC(C)CC(C)CC(C)CC(C)Br. The van der Waals surface area contributed by atoms with Gasteiger partial charge in [-0.1, -0.05) is 83.7 Å². The van der Waals surface area contributed by atoms with E-state index in [-0.39, 0.29) is 0 Å². The maximum Gasteiger partial charge on any atom is 0.146 e. The summed E-state index contributed by atoms with van der Waals surface area (Å²) in [6, 6.07) is 0. The first-order valence-corrected chi connectivity index (χ1v) is 14.0. The van der Waals surface area contributed by atoms with Gasteiger partial charge in [0, 0.05) is 18.0 Å². The third-order valence-electron chi connectivity index (χ3n) is 6.24. The van der Waals surface area contributed by atoms with E-state index in [1.54, 1.807) is 0 Å². The molecule has 0 bridgehead atoms. The molecular weight excluding hydrogens is 436 g/mol. The predicted octanol–water partition coefficient (Wildman–Crippen LogP) is 9.25. The van der Waals surface area contributed by atoms with Crippen molar-refractivity contribution in [2.24, 2.45) is 29.6 Å². The number of ether oxygens (including phenoxy) is 2. The highest BCUT2D eigenvalue weighted by molar-refractivity contribution is 9.09. The van der Waals surface area contributed by atoms with Crippen molar-refractivity contribution in [3.63, 3.8) is 0 Å². The van der Waals surface area contributed by atoms with Crippen LogP contribution in [0.25, 0.3) is 0 Å². The van der Waals surface area contributed by atoms with Gasteiger partial charge in [-0.05, 0) is 81.0 Å². The third kappa shape index (κ3) is 20.3. The zero-order valence-corrected chi connectivity index (χ0v) is 23.1. The number of alkyl halides is 1. The lowest BCUT2D eigenvalue weighted by molar-refractivity contribution is -0.0561. The van der Waals surface area contributed by atoms with Crippen LogP contribution in [0.1, 0.15) is 119 Å². The summed E-state index contributed by atoms with van der Waals surface area (Å²) in [6.07, 6.45) is 14.2. The van der Waals surface area contributed by atoms with Crippen molar-refractivity contribution in [2.45, 2.75) is 124 Å². The molecule has 0 aromatic carbocycles. The molecule has 6 unspecified atom stereocenters. The van der Waals surface area contributed by atoms with Crippen LogP contribution in [0.5, 0.6) is 0 Å². The second kappa shape index (κ2) is 20.0. The van der Waals surface area contributed by atoms with Crippen molar-refractivity contribution in [2.75, 3.05) is 20.0 Å². The summed E-state index contributed by atoms with van der Waals surface area (Å²) >= 11 is 3.70. The van der Waals surface area contributed by atoms with Gasteiger partial charge in [-0.25, -0.2) is 0 Å². The van der Waals surface area contributed by atoms with E-state index in [4.69, 9.17) is 9.47 Å². The molecule has 0 aromatic rings. The molecule has 182 valence electrons. The molecule has 0 heterocycles. The van der Waals surface area contributed by atoms with Crippen molar-refractivity contribution >= 4 is 15.9 Å². The summed E-state index contributed by atoms with van der Waals surface area (Å²) in [7, 11) is 0. The zero-order valence-electron chi connectivity index (χ0n) is 21.6. The first kappa shape index (κ1) is 30.4. The molecule has 30 heavy (non-hydrogen) atoms. The number of rotatable bonds is 21. The molecule has 0 amide bonds. The summed E-state index contributed by atoms with van der Waals surface area (Å²) in [5.41, 5.74) is 0. The summed E-state index contributed by atoms with van der Waals surface area (Å²) < 4.78 is 11.2. The van der Waals surface area contributed by atoms with E-state index in [0.717, 1.165) is 49.2 Å². The highest BCUT2D eigenvalue weighted by Gasteiger charge is 2.17. The number of hydrogen-bond donors (Lipinski definition) is 0. The fourth-order valence-electron chi connectivity index (χ4n) is 5.15. The van der Waals surface area contributed by atoms with Gasteiger partial charge in [-0.2, -0.15) is 0 Å². The minimum atomic E-state index is 0.472. The van der Waals surface area contributed by atoms with Crippen LogP contribution < -0.4 is 0 Å². The smallest absolute Gasteiger partial charge is 0.146 e. The van der Waals surface area contributed by atoms with Gasteiger partial charge < -0.3 is 9.47 Å². The maximum atomic E-state index is 5.63. The molecule has 0 spiro atoms. The molecule has 0 radical (unpaired) electrons. The van der Waals surface area contributed by atoms with Crippen LogP contribution in [0.3, 0.4) is 0 Å². The van der Waals surface area contributed by atoms with Gasteiger partial charge in [0.25, 0.3) is 0 Å². The first-order chi connectivity index (χ1) is 14.2. The molecule has 0 rings (SSSR count). The van der Waals surface area contributed by atoms with Crippen LogP contribution in [0.15, 0.2) is 0 Å². The molecule has 0 saturated heterocycles. The Morgan fingerprint density at radius 2 is 1.03 bits per heavy atom. The standard InChI is InChI=1S/C27H55BrO2/c1-8-9-10-11-14-29-21-30-15-12-13-22(2)16-23(3)17-24(4)18-25(5)19-26(6)20-27(7)28/h22-27H,8-21H2,1-7H3.